The van der Waals surface area contributed by atoms with Crippen molar-refractivity contribution in [3.8, 4) is 17.6 Å². The summed E-state index contributed by atoms with van der Waals surface area (Å²) >= 11 is 0. The molecule has 0 aliphatic carbocycles. The van der Waals surface area contributed by atoms with E-state index in [0.29, 0.717) is 12.2 Å². The van der Waals surface area contributed by atoms with E-state index in [0.717, 1.165) is 30.4 Å². The Balaban J connectivity index is 1.93. The summed E-state index contributed by atoms with van der Waals surface area (Å²) in [4.78, 5) is 0. The normalized spacial score (nSPS) is 12.2. The molecule has 0 heterocycles. The van der Waals surface area contributed by atoms with Crippen LogP contribution in [0.2, 0.25) is 0 Å². The molecule has 0 amide bonds. The molecule has 248 valence electrons. The van der Waals surface area contributed by atoms with E-state index in [1.165, 1.54) is 61.2 Å². The molecule has 0 aliphatic heterocycles. The van der Waals surface area contributed by atoms with E-state index < -0.39 is 0 Å². The van der Waals surface area contributed by atoms with E-state index in [-0.39, 0.29) is 16.2 Å². The summed E-state index contributed by atoms with van der Waals surface area (Å²) in [5.74, 6) is 6.61. The zero-order valence-corrected chi connectivity index (χ0v) is 31.5. The Morgan fingerprint density at radius 2 is 0.979 bits per heavy atom. The van der Waals surface area contributed by atoms with Gasteiger partial charge >= 0.3 is 0 Å². The summed E-state index contributed by atoms with van der Waals surface area (Å²) < 4.78 is 0. The average Bonchev–Trinajstić information content (AvgIpc) is 2.98. The number of hydrogen-bond donors (Lipinski definition) is 1. The number of phenolic OH excluding ortho intramolecular Hbond substituents is 1. The Bertz CT molecular complexity index is 1730. The molecule has 1 heteroatoms. The minimum Gasteiger partial charge on any atom is -0.507 e. The first-order chi connectivity index (χ1) is 21.8. The maximum absolute atomic E-state index is 11.3. The average molecular weight is 627 g/mol. The SMILES string of the molecule is CC#CCc1cc(Cc2c(C)c(Cc3cccc(C(C)(C)C)c3)c(C)c(Cc3cccc(C(C)(C)C)c3)c2C)cc(C(C)(C)C)c1O. The van der Waals surface area contributed by atoms with Crippen LogP contribution in [0.1, 0.15) is 142 Å². The van der Waals surface area contributed by atoms with Crippen LogP contribution in [-0.2, 0) is 41.9 Å². The van der Waals surface area contributed by atoms with Gasteiger partial charge in [-0.3, -0.25) is 0 Å². The Morgan fingerprint density at radius 1 is 0.553 bits per heavy atom. The summed E-state index contributed by atoms with van der Waals surface area (Å²) in [5, 5.41) is 11.3. The van der Waals surface area contributed by atoms with Crippen LogP contribution in [0.4, 0.5) is 0 Å². The van der Waals surface area contributed by atoms with Crippen molar-refractivity contribution in [1.29, 1.82) is 0 Å². The molecule has 0 aromatic heterocycles. The first-order valence-corrected chi connectivity index (χ1v) is 17.3. The molecule has 4 rings (SSSR count). The van der Waals surface area contributed by atoms with E-state index in [1.807, 2.05) is 6.92 Å². The zero-order chi connectivity index (χ0) is 34.9. The smallest absolute Gasteiger partial charge is 0.123 e. The van der Waals surface area contributed by atoms with Crippen molar-refractivity contribution < 1.29 is 5.11 Å². The quantitative estimate of drug-likeness (QED) is 0.202. The number of hydrogen-bond acceptors (Lipinski definition) is 1. The summed E-state index contributed by atoms with van der Waals surface area (Å²) in [6, 6.07) is 22.8. The predicted molar refractivity (Wildman–Crippen MR) is 203 cm³/mol. The van der Waals surface area contributed by atoms with E-state index in [4.69, 9.17) is 0 Å². The van der Waals surface area contributed by atoms with Crippen LogP contribution in [0, 0.1) is 32.6 Å². The van der Waals surface area contributed by atoms with Crippen molar-refractivity contribution in [3.63, 3.8) is 0 Å². The second-order valence-corrected chi connectivity index (χ2v) is 16.7. The molecule has 4 aromatic rings. The third-order valence-electron chi connectivity index (χ3n) is 9.96. The van der Waals surface area contributed by atoms with Gasteiger partial charge in [0.1, 0.15) is 5.75 Å². The minimum atomic E-state index is -0.182. The van der Waals surface area contributed by atoms with Crippen molar-refractivity contribution >= 4 is 0 Å². The van der Waals surface area contributed by atoms with Crippen LogP contribution in [0.15, 0.2) is 60.7 Å². The molecule has 4 aromatic carbocycles. The fourth-order valence-corrected chi connectivity index (χ4v) is 6.85. The van der Waals surface area contributed by atoms with E-state index in [9.17, 15) is 5.11 Å². The predicted octanol–water partition coefficient (Wildman–Crippen LogP) is 11.5. The standard InChI is InChI=1S/C46H58O/c1-14-15-20-36-23-35(29-42(43(36)47)46(11,12)13)28-41-31(3)39(26-33-18-16-21-37(24-33)44(5,6)7)30(2)40(32(41)4)27-34-19-17-22-38(25-34)45(8,9)10/h16-19,21-25,29,47H,20,26-28H2,1-13H3. The highest BCUT2D eigenvalue weighted by Gasteiger charge is 2.24. The zero-order valence-electron chi connectivity index (χ0n) is 31.5. The molecule has 0 bridgehead atoms. The molecule has 0 radical (unpaired) electrons. The summed E-state index contributed by atoms with van der Waals surface area (Å²) in [7, 11) is 0. The Hall–Kier alpha value is -3.76. The second-order valence-electron chi connectivity index (χ2n) is 16.7. The van der Waals surface area contributed by atoms with Crippen molar-refractivity contribution in [2.75, 3.05) is 0 Å². The van der Waals surface area contributed by atoms with E-state index in [1.54, 1.807) is 0 Å². The number of phenols is 1. The lowest BCUT2D eigenvalue weighted by atomic mass is 9.79. The molecule has 1 N–H and O–H groups in total. The van der Waals surface area contributed by atoms with Gasteiger partial charge in [0, 0.05) is 12.0 Å². The summed E-state index contributed by atoms with van der Waals surface area (Å²) in [6.45, 7) is 29.2. The van der Waals surface area contributed by atoms with Gasteiger partial charge < -0.3 is 5.11 Å². The van der Waals surface area contributed by atoms with Crippen LogP contribution >= 0.6 is 0 Å². The lowest BCUT2D eigenvalue weighted by Gasteiger charge is -2.26. The van der Waals surface area contributed by atoms with Gasteiger partial charge in [-0.1, -0.05) is 129 Å². The number of rotatable bonds is 7. The van der Waals surface area contributed by atoms with Gasteiger partial charge in [-0.25, -0.2) is 0 Å². The highest BCUT2D eigenvalue weighted by molar-refractivity contribution is 5.56. The number of aromatic hydroxyl groups is 1. The summed E-state index contributed by atoms with van der Waals surface area (Å²) in [6.07, 6.45) is 3.18. The first kappa shape index (κ1) is 36.1. The molecule has 0 saturated heterocycles. The first-order valence-electron chi connectivity index (χ1n) is 17.3. The Labute approximate surface area is 286 Å². The fraction of sp³-hybridized carbons (Fsp3) is 0.435. The molecule has 47 heavy (non-hydrogen) atoms. The third-order valence-corrected chi connectivity index (χ3v) is 9.96. The molecular formula is C46H58O. The van der Waals surface area contributed by atoms with Gasteiger partial charge in [0.05, 0.1) is 0 Å². The van der Waals surface area contributed by atoms with Gasteiger partial charge in [-0.15, -0.1) is 5.92 Å². The maximum Gasteiger partial charge on any atom is 0.123 e. The van der Waals surface area contributed by atoms with Gasteiger partial charge in [0.15, 0.2) is 0 Å². The second kappa shape index (κ2) is 13.8. The molecule has 0 unspecified atom stereocenters. The maximum atomic E-state index is 11.3. The van der Waals surface area contributed by atoms with Crippen molar-refractivity contribution in [2.24, 2.45) is 0 Å². The molecule has 0 spiro atoms. The van der Waals surface area contributed by atoms with Crippen LogP contribution in [0.3, 0.4) is 0 Å². The topological polar surface area (TPSA) is 20.2 Å². The van der Waals surface area contributed by atoms with E-state index >= 15 is 0 Å². The van der Waals surface area contributed by atoms with Gasteiger partial charge in [-0.05, 0) is 130 Å². The molecular weight excluding hydrogens is 569 g/mol. The van der Waals surface area contributed by atoms with Crippen LogP contribution in [0.5, 0.6) is 5.75 Å². The van der Waals surface area contributed by atoms with Crippen LogP contribution in [0.25, 0.3) is 0 Å². The molecule has 0 fully saturated rings. The monoisotopic (exact) mass is 626 g/mol. The Morgan fingerprint density at radius 3 is 1.36 bits per heavy atom. The van der Waals surface area contributed by atoms with Crippen LogP contribution in [-0.4, -0.2) is 5.11 Å². The third kappa shape index (κ3) is 8.40. The molecule has 0 atom stereocenters. The summed E-state index contributed by atoms with van der Waals surface area (Å²) in [5.41, 5.74) is 17.1. The highest BCUT2D eigenvalue weighted by atomic mass is 16.3. The highest BCUT2D eigenvalue weighted by Crippen LogP contribution is 2.38. The van der Waals surface area contributed by atoms with Gasteiger partial charge in [0.2, 0.25) is 0 Å². The lowest BCUT2D eigenvalue weighted by molar-refractivity contribution is 0.441. The van der Waals surface area contributed by atoms with Gasteiger partial charge in [0.25, 0.3) is 0 Å². The van der Waals surface area contributed by atoms with Gasteiger partial charge in [-0.2, -0.15) is 0 Å². The van der Waals surface area contributed by atoms with Crippen molar-refractivity contribution in [2.45, 2.75) is 132 Å². The molecule has 0 aliphatic rings. The number of benzene rings is 4. The van der Waals surface area contributed by atoms with E-state index in [2.05, 4.69) is 156 Å². The van der Waals surface area contributed by atoms with Crippen molar-refractivity contribution in [1.82, 2.24) is 0 Å². The fourth-order valence-electron chi connectivity index (χ4n) is 6.85. The van der Waals surface area contributed by atoms with Crippen LogP contribution < -0.4 is 0 Å². The lowest BCUT2D eigenvalue weighted by Crippen LogP contribution is -2.14. The molecule has 1 nitrogen and oxygen atoms in total. The van der Waals surface area contributed by atoms with Crippen molar-refractivity contribution in [3.05, 3.63) is 133 Å². The Kier molecular flexibility index (Phi) is 10.6. The minimum absolute atomic E-state index is 0.102. The molecule has 0 saturated carbocycles. The largest absolute Gasteiger partial charge is 0.507 e.